The molecule has 2 aromatic carbocycles. The van der Waals surface area contributed by atoms with Gasteiger partial charge in [0.15, 0.2) is 5.16 Å². The van der Waals surface area contributed by atoms with Crippen molar-refractivity contribution in [3.8, 4) is 5.69 Å². The zero-order valence-electron chi connectivity index (χ0n) is 16.1. The summed E-state index contributed by atoms with van der Waals surface area (Å²) in [5.74, 6) is 0.0254. The van der Waals surface area contributed by atoms with Gasteiger partial charge in [0, 0.05) is 6.54 Å². The predicted octanol–water partition coefficient (Wildman–Crippen LogP) is 3.76. The van der Waals surface area contributed by atoms with Gasteiger partial charge in [-0.05, 0) is 56.0 Å². The molecule has 28 heavy (non-hydrogen) atoms. The highest BCUT2D eigenvalue weighted by molar-refractivity contribution is 8.00. The van der Waals surface area contributed by atoms with Crippen LogP contribution in [0.4, 0.5) is 0 Å². The summed E-state index contributed by atoms with van der Waals surface area (Å²) in [6.45, 7) is 4.71. The molecule has 1 N–H and O–H groups in total. The molecule has 1 fully saturated rings. The molecular weight excluding hydrogens is 370 g/mol. The Morgan fingerprint density at radius 1 is 1.11 bits per heavy atom. The SMILES string of the molecule is Cc1ccc(C)c(-n2c(SC3CCCCNC3=O)nc3ccccc3c2=O)c1. The van der Waals surface area contributed by atoms with Crippen molar-refractivity contribution in [2.24, 2.45) is 0 Å². The average molecular weight is 394 g/mol. The average Bonchev–Trinajstić information content (AvgIpc) is 2.89. The highest BCUT2D eigenvalue weighted by atomic mass is 32.2. The van der Waals surface area contributed by atoms with Crippen LogP contribution in [0.3, 0.4) is 0 Å². The topological polar surface area (TPSA) is 64.0 Å². The number of carbonyl (C=O) groups is 1. The standard InChI is InChI=1S/C22H23N3O2S/c1-14-10-11-15(2)18(13-14)25-21(27)16-7-3-4-8-17(16)24-22(25)28-19-9-5-6-12-23-20(19)26/h3-4,7-8,10-11,13,19H,5-6,9,12H2,1-2H3,(H,23,26). The third-order valence-electron chi connectivity index (χ3n) is 5.08. The van der Waals surface area contributed by atoms with Crippen molar-refractivity contribution in [3.05, 3.63) is 63.9 Å². The quantitative estimate of drug-likeness (QED) is 0.688. The number of amides is 1. The third kappa shape index (κ3) is 3.56. The summed E-state index contributed by atoms with van der Waals surface area (Å²) >= 11 is 1.39. The molecule has 3 aromatic rings. The van der Waals surface area contributed by atoms with E-state index in [1.807, 2.05) is 50.2 Å². The van der Waals surface area contributed by atoms with Crippen LogP contribution in [0.15, 0.2) is 52.4 Å². The van der Waals surface area contributed by atoms with E-state index in [1.54, 1.807) is 10.6 Å². The number of benzene rings is 2. The van der Waals surface area contributed by atoms with E-state index in [1.165, 1.54) is 11.8 Å². The molecule has 1 atom stereocenters. The fourth-order valence-electron chi connectivity index (χ4n) is 3.52. The molecule has 0 saturated carbocycles. The lowest BCUT2D eigenvalue weighted by Gasteiger charge is -2.18. The van der Waals surface area contributed by atoms with Gasteiger partial charge in [-0.15, -0.1) is 0 Å². The van der Waals surface area contributed by atoms with Gasteiger partial charge in [-0.2, -0.15) is 0 Å². The molecule has 6 heteroatoms. The number of hydrogen-bond donors (Lipinski definition) is 1. The van der Waals surface area contributed by atoms with Crippen LogP contribution in [0.5, 0.6) is 0 Å². The number of hydrogen-bond acceptors (Lipinski definition) is 4. The first-order chi connectivity index (χ1) is 13.5. The Bertz CT molecular complexity index is 1110. The van der Waals surface area contributed by atoms with Crippen molar-refractivity contribution in [2.45, 2.75) is 43.5 Å². The number of nitrogens with zero attached hydrogens (tertiary/aromatic N) is 2. The van der Waals surface area contributed by atoms with Crippen LogP contribution in [-0.4, -0.2) is 27.3 Å². The monoisotopic (exact) mass is 393 g/mol. The molecule has 1 unspecified atom stereocenters. The van der Waals surface area contributed by atoms with Crippen molar-refractivity contribution >= 4 is 28.6 Å². The molecular formula is C22H23N3O2S. The van der Waals surface area contributed by atoms with E-state index in [4.69, 9.17) is 4.98 Å². The second-order valence-electron chi connectivity index (χ2n) is 7.24. The lowest BCUT2D eigenvalue weighted by Crippen LogP contribution is -2.32. The van der Waals surface area contributed by atoms with Gasteiger partial charge in [0.2, 0.25) is 5.91 Å². The Morgan fingerprint density at radius 3 is 2.79 bits per heavy atom. The summed E-state index contributed by atoms with van der Waals surface area (Å²) in [5, 5.41) is 3.88. The zero-order valence-corrected chi connectivity index (χ0v) is 16.9. The molecule has 144 valence electrons. The first-order valence-electron chi connectivity index (χ1n) is 9.58. The highest BCUT2D eigenvalue weighted by Crippen LogP contribution is 2.30. The first kappa shape index (κ1) is 18.7. The Labute approximate surface area is 168 Å². The van der Waals surface area contributed by atoms with Gasteiger partial charge in [-0.3, -0.25) is 14.2 Å². The smallest absolute Gasteiger partial charge is 0.266 e. The predicted molar refractivity (Wildman–Crippen MR) is 113 cm³/mol. The molecule has 0 aliphatic carbocycles. The molecule has 4 rings (SSSR count). The van der Waals surface area contributed by atoms with Crippen molar-refractivity contribution in [1.82, 2.24) is 14.9 Å². The summed E-state index contributed by atoms with van der Waals surface area (Å²) in [6.07, 6.45) is 2.75. The molecule has 1 amide bonds. The minimum atomic E-state index is -0.244. The molecule has 1 aliphatic rings. The summed E-state index contributed by atoms with van der Waals surface area (Å²) in [6, 6.07) is 13.4. The van der Waals surface area contributed by atoms with E-state index >= 15 is 0 Å². The normalized spacial score (nSPS) is 17.4. The first-order valence-corrected chi connectivity index (χ1v) is 10.5. The maximum absolute atomic E-state index is 13.4. The number of aromatic nitrogens is 2. The van der Waals surface area contributed by atoms with Crippen molar-refractivity contribution in [2.75, 3.05) is 6.54 Å². The second-order valence-corrected chi connectivity index (χ2v) is 8.41. The Morgan fingerprint density at radius 2 is 1.93 bits per heavy atom. The Kier molecular flexibility index (Phi) is 5.22. The van der Waals surface area contributed by atoms with Crippen LogP contribution in [0.25, 0.3) is 16.6 Å². The van der Waals surface area contributed by atoms with Gasteiger partial charge in [-0.25, -0.2) is 4.98 Å². The van der Waals surface area contributed by atoms with Crippen molar-refractivity contribution < 1.29 is 4.79 Å². The number of rotatable bonds is 3. The van der Waals surface area contributed by atoms with Gasteiger partial charge < -0.3 is 5.32 Å². The highest BCUT2D eigenvalue weighted by Gasteiger charge is 2.25. The van der Waals surface area contributed by atoms with E-state index < -0.39 is 0 Å². The van der Waals surface area contributed by atoms with Gasteiger partial charge in [0.1, 0.15) is 0 Å². The van der Waals surface area contributed by atoms with Gasteiger partial charge >= 0.3 is 0 Å². The maximum atomic E-state index is 13.4. The Balaban J connectivity index is 1.92. The minimum absolute atomic E-state index is 0.0254. The Hall–Kier alpha value is -2.60. The van der Waals surface area contributed by atoms with E-state index in [0.717, 1.165) is 36.1 Å². The molecule has 0 spiro atoms. The van der Waals surface area contributed by atoms with Crippen molar-refractivity contribution in [1.29, 1.82) is 0 Å². The number of thioether (sulfide) groups is 1. The third-order valence-corrected chi connectivity index (χ3v) is 6.30. The van der Waals surface area contributed by atoms with E-state index in [-0.39, 0.29) is 16.7 Å². The van der Waals surface area contributed by atoms with E-state index in [0.29, 0.717) is 22.6 Å². The summed E-state index contributed by atoms with van der Waals surface area (Å²) in [4.78, 5) is 30.7. The molecule has 1 saturated heterocycles. The fraction of sp³-hybridized carbons (Fsp3) is 0.318. The molecule has 5 nitrogen and oxygen atoms in total. The van der Waals surface area contributed by atoms with Crippen molar-refractivity contribution in [3.63, 3.8) is 0 Å². The number of carbonyl (C=O) groups excluding carboxylic acids is 1. The number of para-hydroxylation sites is 1. The molecule has 1 aliphatic heterocycles. The minimum Gasteiger partial charge on any atom is -0.355 e. The number of aryl methyl sites for hydroxylation is 2. The van der Waals surface area contributed by atoms with Crippen LogP contribution >= 0.6 is 11.8 Å². The van der Waals surface area contributed by atoms with Crippen LogP contribution in [0.1, 0.15) is 30.4 Å². The molecule has 0 bridgehead atoms. The van der Waals surface area contributed by atoms with Crippen LogP contribution in [0.2, 0.25) is 0 Å². The second kappa shape index (κ2) is 7.80. The van der Waals surface area contributed by atoms with Gasteiger partial charge in [0.05, 0.1) is 21.8 Å². The zero-order chi connectivity index (χ0) is 19.7. The van der Waals surface area contributed by atoms with Crippen LogP contribution < -0.4 is 10.9 Å². The van der Waals surface area contributed by atoms with Crippen LogP contribution in [-0.2, 0) is 4.79 Å². The van der Waals surface area contributed by atoms with E-state index in [9.17, 15) is 9.59 Å². The fourth-order valence-corrected chi connectivity index (χ4v) is 4.68. The molecule has 1 aromatic heterocycles. The summed E-state index contributed by atoms with van der Waals surface area (Å²) < 4.78 is 1.67. The largest absolute Gasteiger partial charge is 0.355 e. The number of nitrogens with one attached hydrogen (secondary N) is 1. The summed E-state index contributed by atoms with van der Waals surface area (Å²) in [7, 11) is 0. The molecule has 2 heterocycles. The lowest BCUT2D eigenvalue weighted by molar-refractivity contribution is -0.120. The number of fused-ring (bicyclic) bond motifs is 1. The van der Waals surface area contributed by atoms with Gasteiger partial charge in [-0.1, -0.05) is 42.4 Å². The lowest BCUT2D eigenvalue weighted by atomic mass is 10.1. The van der Waals surface area contributed by atoms with Gasteiger partial charge in [0.25, 0.3) is 5.56 Å². The summed E-state index contributed by atoms with van der Waals surface area (Å²) in [5.41, 5.74) is 3.45. The van der Waals surface area contributed by atoms with E-state index in [2.05, 4.69) is 5.32 Å². The molecule has 0 radical (unpaired) electrons. The van der Waals surface area contributed by atoms with Crippen LogP contribution in [0, 0.1) is 13.8 Å². The maximum Gasteiger partial charge on any atom is 0.266 e.